The molecule has 0 spiro atoms. The van der Waals surface area contributed by atoms with Crippen LogP contribution in [0.15, 0.2) is 24.3 Å². The molecule has 96 valence electrons. The summed E-state index contributed by atoms with van der Waals surface area (Å²) in [7, 11) is 3.68. The molecule has 0 fully saturated rings. The smallest absolute Gasteiger partial charge is 0.119 e. The SMILES string of the molecule is CCOc1ccc(C(NC)C(C)(C)OC)cc1. The van der Waals surface area contributed by atoms with E-state index in [0.717, 1.165) is 5.75 Å². The molecule has 1 rings (SSSR count). The Hall–Kier alpha value is -1.06. The zero-order valence-electron chi connectivity index (χ0n) is 11.4. The van der Waals surface area contributed by atoms with Crippen LogP contribution in [0.5, 0.6) is 5.75 Å². The Morgan fingerprint density at radius 3 is 2.24 bits per heavy atom. The summed E-state index contributed by atoms with van der Waals surface area (Å²) in [5.74, 6) is 0.904. The third-order valence-corrected chi connectivity index (χ3v) is 3.03. The average Bonchev–Trinajstić information content (AvgIpc) is 2.32. The zero-order chi connectivity index (χ0) is 12.9. The molecule has 17 heavy (non-hydrogen) atoms. The highest BCUT2D eigenvalue weighted by atomic mass is 16.5. The lowest BCUT2D eigenvalue weighted by molar-refractivity contribution is -0.00900. The van der Waals surface area contributed by atoms with Gasteiger partial charge in [0, 0.05) is 7.11 Å². The van der Waals surface area contributed by atoms with E-state index in [4.69, 9.17) is 9.47 Å². The maximum absolute atomic E-state index is 5.53. The van der Waals surface area contributed by atoms with Crippen molar-refractivity contribution >= 4 is 0 Å². The number of nitrogens with one attached hydrogen (secondary N) is 1. The van der Waals surface area contributed by atoms with Crippen molar-refractivity contribution in [3.63, 3.8) is 0 Å². The lowest BCUT2D eigenvalue weighted by atomic mass is 9.92. The van der Waals surface area contributed by atoms with Gasteiger partial charge in [0.2, 0.25) is 0 Å². The molecular formula is C14H23NO2. The minimum atomic E-state index is -0.248. The Kier molecular flexibility index (Phi) is 4.97. The number of likely N-dealkylation sites (N-methyl/N-ethyl adjacent to an activating group) is 1. The Bertz CT molecular complexity index is 333. The van der Waals surface area contributed by atoms with Crippen LogP contribution in [0, 0.1) is 0 Å². The fraction of sp³-hybridized carbons (Fsp3) is 0.571. The van der Waals surface area contributed by atoms with Crippen LogP contribution in [0.25, 0.3) is 0 Å². The van der Waals surface area contributed by atoms with Crippen LogP contribution in [0.4, 0.5) is 0 Å². The minimum Gasteiger partial charge on any atom is -0.494 e. The number of ether oxygens (including phenoxy) is 2. The maximum atomic E-state index is 5.53. The first-order valence-electron chi connectivity index (χ1n) is 6.00. The molecule has 0 aliphatic heterocycles. The molecule has 0 bridgehead atoms. The molecule has 1 aromatic rings. The fourth-order valence-corrected chi connectivity index (χ4v) is 1.96. The molecule has 1 N–H and O–H groups in total. The van der Waals surface area contributed by atoms with E-state index in [9.17, 15) is 0 Å². The highest BCUT2D eigenvalue weighted by Gasteiger charge is 2.29. The quantitative estimate of drug-likeness (QED) is 0.825. The van der Waals surface area contributed by atoms with Gasteiger partial charge < -0.3 is 14.8 Å². The molecule has 0 radical (unpaired) electrons. The standard InChI is InChI=1S/C14H23NO2/c1-6-17-12-9-7-11(8-10-12)13(15-4)14(2,3)16-5/h7-10,13,15H,6H2,1-5H3. The zero-order valence-corrected chi connectivity index (χ0v) is 11.4. The van der Waals surface area contributed by atoms with Gasteiger partial charge >= 0.3 is 0 Å². The third kappa shape index (κ3) is 3.45. The van der Waals surface area contributed by atoms with E-state index < -0.39 is 0 Å². The second-order valence-electron chi connectivity index (χ2n) is 4.53. The van der Waals surface area contributed by atoms with Crippen LogP contribution in [0.3, 0.4) is 0 Å². The van der Waals surface area contributed by atoms with Crippen molar-refractivity contribution in [2.45, 2.75) is 32.4 Å². The number of methoxy groups -OCH3 is 1. The van der Waals surface area contributed by atoms with E-state index in [1.54, 1.807) is 7.11 Å². The average molecular weight is 237 g/mol. The van der Waals surface area contributed by atoms with Gasteiger partial charge in [0.05, 0.1) is 18.2 Å². The van der Waals surface area contributed by atoms with Gasteiger partial charge in [0.1, 0.15) is 5.75 Å². The fourth-order valence-electron chi connectivity index (χ4n) is 1.96. The van der Waals surface area contributed by atoms with Crippen molar-refractivity contribution < 1.29 is 9.47 Å². The highest BCUT2D eigenvalue weighted by molar-refractivity contribution is 5.30. The number of hydrogen-bond acceptors (Lipinski definition) is 3. The van der Waals surface area contributed by atoms with Gasteiger partial charge in [-0.25, -0.2) is 0 Å². The van der Waals surface area contributed by atoms with Crippen molar-refractivity contribution in [3.05, 3.63) is 29.8 Å². The summed E-state index contributed by atoms with van der Waals surface area (Å²) in [5.41, 5.74) is 0.949. The van der Waals surface area contributed by atoms with Gasteiger partial charge in [0.15, 0.2) is 0 Å². The summed E-state index contributed by atoms with van der Waals surface area (Å²) in [6.07, 6.45) is 0. The molecule has 1 atom stereocenters. The monoisotopic (exact) mass is 237 g/mol. The summed E-state index contributed by atoms with van der Waals surface area (Å²) in [4.78, 5) is 0. The van der Waals surface area contributed by atoms with E-state index >= 15 is 0 Å². The molecule has 3 heteroatoms. The predicted molar refractivity (Wildman–Crippen MR) is 70.5 cm³/mol. The van der Waals surface area contributed by atoms with Gasteiger partial charge in [-0.05, 0) is 45.5 Å². The van der Waals surface area contributed by atoms with Crippen LogP contribution in [0.2, 0.25) is 0 Å². The predicted octanol–water partition coefficient (Wildman–Crippen LogP) is 2.77. The summed E-state index contributed by atoms with van der Waals surface area (Å²) in [6, 6.07) is 8.30. The van der Waals surface area contributed by atoms with Crippen LogP contribution in [-0.4, -0.2) is 26.4 Å². The van der Waals surface area contributed by atoms with Crippen LogP contribution >= 0.6 is 0 Å². The van der Waals surface area contributed by atoms with Crippen molar-refractivity contribution in [1.82, 2.24) is 5.32 Å². The first kappa shape index (κ1) is 14.0. The van der Waals surface area contributed by atoms with Gasteiger partial charge in [0.25, 0.3) is 0 Å². The number of rotatable bonds is 6. The normalized spacial score (nSPS) is 13.5. The summed E-state index contributed by atoms with van der Waals surface area (Å²) >= 11 is 0. The topological polar surface area (TPSA) is 30.5 Å². The Morgan fingerprint density at radius 1 is 1.24 bits per heavy atom. The van der Waals surface area contributed by atoms with Crippen molar-refractivity contribution in [1.29, 1.82) is 0 Å². The molecule has 0 aliphatic rings. The summed E-state index contributed by atoms with van der Waals surface area (Å²) in [6.45, 7) is 6.83. The van der Waals surface area contributed by atoms with Crippen molar-refractivity contribution in [3.8, 4) is 5.75 Å². The summed E-state index contributed by atoms with van der Waals surface area (Å²) < 4.78 is 11.0. The molecule has 0 saturated carbocycles. The molecule has 0 aromatic heterocycles. The van der Waals surface area contributed by atoms with Crippen molar-refractivity contribution in [2.24, 2.45) is 0 Å². The molecule has 0 aliphatic carbocycles. The lowest BCUT2D eigenvalue weighted by Gasteiger charge is -2.33. The van der Waals surface area contributed by atoms with E-state index in [2.05, 4.69) is 31.3 Å². The Balaban J connectivity index is 2.89. The minimum absolute atomic E-state index is 0.156. The van der Waals surface area contributed by atoms with Gasteiger partial charge in [-0.15, -0.1) is 0 Å². The first-order chi connectivity index (χ1) is 8.05. The van der Waals surface area contributed by atoms with E-state index in [-0.39, 0.29) is 11.6 Å². The second-order valence-corrected chi connectivity index (χ2v) is 4.53. The first-order valence-corrected chi connectivity index (χ1v) is 6.00. The van der Waals surface area contributed by atoms with E-state index in [0.29, 0.717) is 6.61 Å². The maximum Gasteiger partial charge on any atom is 0.119 e. The number of hydrogen-bond donors (Lipinski definition) is 1. The molecule has 3 nitrogen and oxygen atoms in total. The van der Waals surface area contributed by atoms with Crippen LogP contribution < -0.4 is 10.1 Å². The molecular weight excluding hydrogens is 214 g/mol. The van der Waals surface area contributed by atoms with Gasteiger partial charge in [-0.2, -0.15) is 0 Å². The molecule has 0 amide bonds. The highest BCUT2D eigenvalue weighted by Crippen LogP contribution is 2.29. The third-order valence-electron chi connectivity index (χ3n) is 3.03. The van der Waals surface area contributed by atoms with Gasteiger partial charge in [-0.1, -0.05) is 12.1 Å². The summed E-state index contributed by atoms with van der Waals surface area (Å²) in [5, 5.41) is 3.30. The number of benzene rings is 1. The molecule has 0 saturated heterocycles. The van der Waals surface area contributed by atoms with Gasteiger partial charge in [-0.3, -0.25) is 0 Å². The van der Waals surface area contributed by atoms with E-state index in [1.807, 2.05) is 26.1 Å². The Morgan fingerprint density at radius 2 is 1.82 bits per heavy atom. The molecule has 1 aromatic carbocycles. The second kappa shape index (κ2) is 6.03. The largest absolute Gasteiger partial charge is 0.494 e. The lowest BCUT2D eigenvalue weighted by Crippen LogP contribution is -2.39. The molecule has 1 unspecified atom stereocenters. The van der Waals surface area contributed by atoms with Crippen LogP contribution in [-0.2, 0) is 4.74 Å². The van der Waals surface area contributed by atoms with Crippen LogP contribution in [0.1, 0.15) is 32.4 Å². The van der Waals surface area contributed by atoms with E-state index in [1.165, 1.54) is 5.56 Å². The Labute approximate surface area is 104 Å². The molecule has 0 heterocycles. The van der Waals surface area contributed by atoms with Crippen molar-refractivity contribution in [2.75, 3.05) is 20.8 Å².